The molecule has 2 rings (SSSR count). The molecule has 3 amide bonds. The number of carboxylic acids is 1. The van der Waals surface area contributed by atoms with Crippen LogP contribution in [0, 0.1) is 5.92 Å². The Bertz CT molecular complexity index is 408. The van der Waals surface area contributed by atoms with Gasteiger partial charge in [0.15, 0.2) is 0 Å². The smallest absolute Gasteiger partial charge is 0.317 e. The molecule has 0 heterocycles. The molecule has 0 aromatic carbocycles. The van der Waals surface area contributed by atoms with Gasteiger partial charge in [-0.05, 0) is 32.1 Å². The zero-order chi connectivity index (χ0) is 14.7. The maximum Gasteiger partial charge on any atom is 0.317 e. The molecule has 0 unspecified atom stereocenters. The lowest BCUT2D eigenvalue weighted by molar-refractivity contribution is -0.141. The molecule has 2 atom stereocenters. The number of amides is 3. The second-order valence-corrected chi connectivity index (χ2v) is 5.69. The van der Waals surface area contributed by atoms with Crippen molar-refractivity contribution in [2.45, 2.75) is 44.2 Å². The minimum Gasteiger partial charge on any atom is -0.481 e. The highest BCUT2D eigenvalue weighted by Gasteiger charge is 2.31. The summed E-state index contributed by atoms with van der Waals surface area (Å²) in [6.07, 6.45) is 3.75. The van der Waals surface area contributed by atoms with Gasteiger partial charge in [0.25, 0.3) is 0 Å². The van der Waals surface area contributed by atoms with E-state index in [0.29, 0.717) is 19.3 Å². The molecule has 0 spiro atoms. The molecule has 0 aromatic heterocycles. The summed E-state index contributed by atoms with van der Waals surface area (Å²) in [6, 6.07) is -0.158. The van der Waals surface area contributed by atoms with Crippen LogP contribution in [0.2, 0.25) is 0 Å². The standard InChI is InChI=1S/C13H21N3O4/c1-16(7-11(17)14-9-4-5-9)13(20)15-10-3-2-8(6-10)12(18)19/h8-10H,2-7H2,1H3,(H,14,17)(H,15,20)(H,18,19)/t8-,10+/m1/s1. The van der Waals surface area contributed by atoms with E-state index in [0.717, 1.165) is 12.8 Å². The second kappa shape index (κ2) is 6.11. The zero-order valence-corrected chi connectivity index (χ0v) is 11.6. The van der Waals surface area contributed by atoms with Crippen LogP contribution in [0.1, 0.15) is 32.1 Å². The van der Waals surface area contributed by atoms with Crippen molar-refractivity contribution in [1.82, 2.24) is 15.5 Å². The number of hydrogen-bond acceptors (Lipinski definition) is 3. The maximum atomic E-state index is 11.9. The van der Waals surface area contributed by atoms with Crippen molar-refractivity contribution >= 4 is 17.9 Å². The predicted octanol–water partition coefficient (Wildman–Crippen LogP) is 0.160. The molecule has 2 saturated carbocycles. The lowest BCUT2D eigenvalue weighted by atomic mass is 10.1. The monoisotopic (exact) mass is 283 g/mol. The maximum absolute atomic E-state index is 11.9. The first kappa shape index (κ1) is 14.6. The van der Waals surface area contributed by atoms with Crippen molar-refractivity contribution in [2.75, 3.05) is 13.6 Å². The Balaban J connectivity index is 1.70. The number of rotatable bonds is 5. The van der Waals surface area contributed by atoms with Gasteiger partial charge in [0, 0.05) is 19.1 Å². The summed E-state index contributed by atoms with van der Waals surface area (Å²) < 4.78 is 0. The van der Waals surface area contributed by atoms with Crippen LogP contribution in [0.25, 0.3) is 0 Å². The van der Waals surface area contributed by atoms with E-state index in [9.17, 15) is 14.4 Å². The van der Waals surface area contributed by atoms with Gasteiger partial charge in [0.2, 0.25) is 5.91 Å². The summed E-state index contributed by atoms with van der Waals surface area (Å²) >= 11 is 0. The van der Waals surface area contributed by atoms with Crippen LogP contribution >= 0.6 is 0 Å². The number of aliphatic carboxylic acids is 1. The molecule has 20 heavy (non-hydrogen) atoms. The van der Waals surface area contributed by atoms with Crippen LogP contribution in [0.3, 0.4) is 0 Å². The fraction of sp³-hybridized carbons (Fsp3) is 0.769. The summed E-state index contributed by atoms with van der Waals surface area (Å²) in [6.45, 7) is 0.0252. The highest BCUT2D eigenvalue weighted by Crippen LogP contribution is 2.25. The average Bonchev–Trinajstić information content (AvgIpc) is 3.04. The molecule has 2 fully saturated rings. The highest BCUT2D eigenvalue weighted by molar-refractivity contribution is 5.84. The van der Waals surface area contributed by atoms with Crippen molar-refractivity contribution in [2.24, 2.45) is 5.92 Å². The van der Waals surface area contributed by atoms with Crippen LogP contribution in [0.15, 0.2) is 0 Å². The molecular weight excluding hydrogens is 262 g/mol. The first-order valence-electron chi connectivity index (χ1n) is 6.99. The summed E-state index contributed by atoms with van der Waals surface area (Å²) in [7, 11) is 1.56. The molecule has 0 aromatic rings. The summed E-state index contributed by atoms with van der Waals surface area (Å²) in [5, 5.41) is 14.5. The lowest BCUT2D eigenvalue weighted by Crippen LogP contribution is -2.46. The normalized spacial score (nSPS) is 25.1. The molecule has 0 aliphatic heterocycles. The molecule has 2 aliphatic carbocycles. The number of nitrogens with one attached hydrogen (secondary N) is 2. The van der Waals surface area contributed by atoms with Crippen molar-refractivity contribution in [1.29, 1.82) is 0 Å². The third-order valence-electron chi connectivity index (χ3n) is 3.78. The largest absolute Gasteiger partial charge is 0.481 e. The first-order chi connectivity index (χ1) is 9.45. The fourth-order valence-electron chi connectivity index (χ4n) is 2.41. The molecule has 0 saturated heterocycles. The third-order valence-corrected chi connectivity index (χ3v) is 3.78. The minimum atomic E-state index is -0.807. The predicted molar refractivity (Wildman–Crippen MR) is 71.1 cm³/mol. The number of carboxylic acid groups (broad SMARTS) is 1. The van der Waals surface area contributed by atoms with Gasteiger partial charge in [-0.1, -0.05) is 0 Å². The van der Waals surface area contributed by atoms with Crippen LogP contribution in [-0.4, -0.2) is 53.6 Å². The molecule has 0 bridgehead atoms. The topological polar surface area (TPSA) is 98.7 Å². The Morgan fingerprint density at radius 1 is 1.10 bits per heavy atom. The Kier molecular flexibility index (Phi) is 4.46. The van der Waals surface area contributed by atoms with Crippen molar-refractivity contribution < 1.29 is 19.5 Å². The van der Waals surface area contributed by atoms with Gasteiger partial charge in [0.1, 0.15) is 6.54 Å². The third kappa shape index (κ3) is 4.11. The van der Waals surface area contributed by atoms with E-state index >= 15 is 0 Å². The van der Waals surface area contributed by atoms with Gasteiger partial charge < -0.3 is 20.6 Å². The molecule has 112 valence electrons. The van der Waals surface area contributed by atoms with Gasteiger partial charge in [-0.25, -0.2) is 4.79 Å². The SMILES string of the molecule is CN(CC(=O)NC1CC1)C(=O)N[C@H]1CC[C@@H](C(=O)O)C1. The van der Waals surface area contributed by atoms with Crippen LogP contribution in [0.4, 0.5) is 4.79 Å². The summed E-state index contributed by atoms with van der Waals surface area (Å²) in [5.41, 5.74) is 0. The second-order valence-electron chi connectivity index (χ2n) is 5.69. The zero-order valence-electron chi connectivity index (χ0n) is 11.6. The van der Waals surface area contributed by atoms with E-state index in [-0.39, 0.29) is 36.5 Å². The van der Waals surface area contributed by atoms with E-state index in [4.69, 9.17) is 5.11 Å². The van der Waals surface area contributed by atoms with Gasteiger partial charge in [-0.2, -0.15) is 0 Å². The summed E-state index contributed by atoms with van der Waals surface area (Å²) in [5.74, 6) is -1.33. The van der Waals surface area contributed by atoms with Crippen LogP contribution < -0.4 is 10.6 Å². The van der Waals surface area contributed by atoms with E-state index < -0.39 is 5.97 Å². The van der Waals surface area contributed by atoms with Gasteiger partial charge in [-0.15, -0.1) is 0 Å². The summed E-state index contributed by atoms with van der Waals surface area (Å²) in [4.78, 5) is 35.6. The Morgan fingerprint density at radius 2 is 1.75 bits per heavy atom. The number of nitrogens with zero attached hydrogens (tertiary/aromatic N) is 1. The van der Waals surface area contributed by atoms with Gasteiger partial charge in [0.05, 0.1) is 5.92 Å². The number of carbonyl (C=O) groups excluding carboxylic acids is 2. The molecule has 0 radical (unpaired) electrons. The van der Waals surface area contributed by atoms with Crippen molar-refractivity contribution in [3.63, 3.8) is 0 Å². The Morgan fingerprint density at radius 3 is 2.30 bits per heavy atom. The molecule has 7 heteroatoms. The highest BCUT2D eigenvalue weighted by atomic mass is 16.4. The van der Waals surface area contributed by atoms with Crippen molar-refractivity contribution in [3.05, 3.63) is 0 Å². The van der Waals surface area contributed by atoms with Crippen molar-refractivity contribution in [3.8, 4) is 0 Å². The lowest BCUT2D eigenvalue weighted by Gasteiger charge is -2.20. The number of likely N-dealkylation sites (N-methyl/N-ethyl adjacent to an activating group) is 1. The van der Waals surface area contributed by atoms with Gasteiger partial charge >= 0.3 is 12.0 Å². The Hall–Kier alpha value is -1.79. The number of carbonyl (C=O) groups is 3. The molecular formula is C13H21N3O4. The quantitative estimate of drug-likeness (QED) is 0.669. The minimum absolute atomic E-state index is 0.0252. The number of urea groups is 1. The average molecular weight is 283 g/mol. The van der Waals surface area contributed by atoms with Gasteiger partial charge in [-0.3, -0.25) is 9.59 Å². The van der Waals surface area contributed by atoms with E-state index in [1.54, 1.807) is 7.05 Å². The van der Waals surface area contributed by atoms with E-state index in [2.05, 4.69) is 10.6 Å². The van der Waals surface area contributed by atoms with Crippen LogP contribution in [0.5, 0.6) is 0 Å². The van der Waals surface area contributed by atoms with E-state index in [1.165, 1.54) is 4.90 Å². The Labute approximate surface area is 117 Å². The van der Waals surface area contributed by atoms with E-state index in [1.807, 2.05) is 0 Å². The number of hydrogen-bond donors (Lipinski definition) is 3. The van der Waals surface area contributed by atoms with Crippen LogP contribution in [-0.2, 0) is 9.59 Å². The molecule has 3 N–H and O–H groups in total. The first-order valence-corrected chi connectivity index (χ1v) is 6.99. The fourth-order valence-corrected chi connectivity index (χ4v) is 2.41. The molecule has 2 aliphatic rings. The molecule has 7 nitrogen and oxygen atoms in total.